The standard InChI is InChI=1S/C10H12O3/c1-12-10-8-6-3-2-5(4-6)7(8)9(11)13-10/h6,8,10H,2-4H2,1H3. The number of hydrogen-bond donors (Lipinski definition) is 0. The third-order valence-electron chi connectivity index (χ3n) is 3.52. The minimum atomic E-state index is -0.301. The molecule has 13 heavy (non-hydrogen) atoms. The molecule has 3 aliphatic rings. The van der Waals surface area contributed by atoms with Crippen molar-refractivity contribution in [1.29, 1.82) is 0 Å². The van der Waals surface area contributed by atoms with Crippen LogP contribution in [0.25, 0.3) is 0 Å². The summed E-state index contributed by atoms with van der Waals surface area (Å²) in [5, 5.41) is 0. The lowest BCUT2D eigenvalue weighted by atomic mass is 9.87. The van der Waals surface area contributed by atoms with Crippen molar-refractivity contribution in [3.05, 3.63) is 11.1 Å². The fourth-order valence-electron chi connectivity index (χ4n) is 2.98. The predicted octanol–water partition coefficient (Wildman–Crippen LogP) is 1.24. The van der Waals surface area contributed by atoms with Gasteiger partial charge in [0.15, 0.2) is 0 Å². The fraction of sp³-hybridized carbons (Fsp3) is 0.700. The summed E-state index contributed by atoms with van der Waals surface area (Å²) in [5.41, 5.74) is 2.28. The van der Waals surface area contributed by atoms with E-state index >= 15 is 0 Å². The van der Waals surface area contributed by atoms with Crippen LogP contribution in [0, 0.1) is 11.8 Å². The van der Waals surface area contributed by atoms with Crippen LogP contribution in [0.15, 0.2) is 11.1 Å². The number of ether oxygens (including phenoxy) is 2. The molecule has 70 valence electrons. The number of allylic oxidation sites excluding steroid dienone is 1. The molecule has 0 spiro atoms. The normalized spacial score (nSPS) is 41.3. The summed E-state index contributed by atoms with van der Waals surface area (Å²) >= 11 is 0. The van der Waals surface area contributed by atoms with Crippen LogP contribution in [0.2, 0.25) is 0 Å². The number of methoxy groups -OCH3 is 1. The maximum atomic E-state index is 11.5. The highest BCUT2D eigenvalue weighted by Gasteiger charge is 2.52. The summed E-state index contributed by atoms with van der Waals surface area (Å²) in [6, 6.07) is 0. The van der Waals surface area contributed by atoms with Crippen LogP contribution in [0.5, 0.6) is 0 Å². The minimum absolute atomic E-state index is 0.131. The lowest BCUT2D eigenvalue weighted by Gasteiger charge is -2.20. The molecule has 0 radical (unpaired) electrons. The highest BCUT2D eigenvalue weighted by atomic mass is 16.7. The Kier molecular flexibility index (Phi) is 1.37. The Hall–Kier alpha value is -0.830. The Labute approximate surface area is 76.7 Å². The first-order chi connectivity index (χ1) is 6.31. The second-order valence-electron chi connectivity index (χ2n) is 4.06. The first kappa shape index (κ1) is 7.56. The van der Waals surface area contributed by atoms with Crippen molar-refractivity contribution < 1.29 is 14.3 Å². The Morgan fingerprint density at radius 1 is 1.54 bits per heavy atom. The van der Waals surface area contributed by atoms with Gasteiger partial charge in [0.1, 0.15) is 0 Å². The first-order valence-electron chi connectivity index (χ1n) is 4.77. The number of esters is 1. The molecule has 3 atom stereocenters. The van der Waals surface area contributed by atoms with E-state index in [0.717, 1.165) is 18.4 Å². The Morgan fingerprint density at radius 2 is 2.38 bits per heavy atom. The average Bonchev–Trinajstić information content (AvgIpc) is 2.76. The van der Waals surface area contributed by atoms with Gasteiger partial charge in [-0.2, -0.15) is 0 Å². The maximum absolute atomic E-state index is 11.5. The smallest absolute Gasteiger partial charge is 0.336 e. The lowest BCUT2D eigenvalue weighted by Crippen LogP contribution is -2.23. The van der Waals surface area contributed by atoms with Gasteiger partial charge in [-0.1, -0.05) is 5.57 Å². The average molecular weight is 180 g/mol. The monoisotopic (exact) mass is 180 g/mol. The molecule has 3 nitrogen and oxygen atoms in total. The highest BCUT2D eigenvalue weighted by molar-refractivity contribution is 5.93. The van der Waals surface area contributed by atoms with Gasteiger partial charge in [0, 0.05) is 12.7 Å². The Morgan fingerprint density at radius 3 is 3.15 bits per heavy atom. The molecule has 3 unspecified atom stereocenters. The predicted molar refractivity (Wildman–Crippen MR) is 44.7 cm³/mol. The van der Waals surface area contributed by atoms with Gasteiger partial charge in [-0.15, -0.1) is 0 Å². The zero-order valence-electron chi connectivity index (χ0n) is 7.58. The van der Waals surface area contributed by atoms with Gasteiger partial charge < -0.3 is 9.47 Å². The molecule has 1 saturated heterocycles. The van der Waals surface area contributed by atoms with Crippen LogP contribution in [-0.4, -0.2) is 19.4 Å². The zero-order chi connectivity index (χ0) is 9.00. The van der Waals surface area contributed by atoms with Crippen molar-refractivity contribution in [2.24, 2.45) is 11.8 Å². The fourth-order valence-corrected chi connectivity index (χ4v) is 2.98. The van der Waals surface area contributed by atoms with E-state index < -0.39 is 0 Å². The van der Waals surface area contributed by atoms with E-state index in [2.05, 4.69) is 0 Å². The van der Waals surface area contributed by atoms with Crippen molar-refractivity contribution in [2.75, 3.05) is 7.11 Å². The highest BCUT2D eigenvalue weighted by Crippen LogP contribution is 2.53. The number of fused-ring (bicyclic) bond motifs is 4. The van der Waals surface area contributed by atoms with Gasteiger partial charge in [-0.05, 0) is 25.2 Å². The third-order valence-corrected chi connectivity index (χ3v) is 3.52. The molecule has 1 aliphatic heterocycles. The van der Waals surface area contributed by atoms with Crippen LogP contribution in [0.4, 0.5) is 0 Å². The molecular formula is C10H12O3. The zero-order valence-corrected chi connectivity index (χ0v) is 7.58. The molecule has 1 heterocycles. The van der Waals surface area contributed by atoms with Gasteiger partial charge in [0.25, 0.3) is 0 Å². The number of hydrogen-bond acceptors (Lipinski definition) is 3. The van der Waals surface area contributed by atoms with E-state index in [4.69, 9.17) is 9.47 Å². The van der Waals surface area contributed by atoms with Crippen LogP contribution in [-0.2, 0) is 14.3 Å². The number of cyclic esters (lactones) is 1. The van der Waals surface area contributed by atoms with Crippen molar-refractivity contribution in [3.63, 3.8) is 0 Å². The summed E-state index contributed by atoms with van der Waals surface area (Å²) in [6.07, 6.45) is 3.11. The second-order valence-corrected chi connectivity index (χ2v) is 4.06. The molecule has 0 aromatic rings. The molecule has 0 aromatic carbocycles. The van der Waals surface area contributed by atoms with Crippen LogP contribution in [0.3, 0.4) is 0 Å². The van der Waals surface area contributed by atoms with E-state index in [-0.39, 0.29) is 18.2 Å². The van der Waals surface area contributed by atoms with Crippen molar-refractivity contribution in [2.45, 2.75) is 25.6 Å². The Bertz CT molecular complexity index is 305. The summed E-state index contributed by atoms with van der Waals surface area (Å²) < 4.78 is 10.3. The molecule has 2 aliphatic carbocycles. The molecule has 3 heteroatoms. The largest absolute Gasteiger partial charge is 0.432 e. The Balaban J connectivity index is 2.05. The SMILES string of the molecule is COC1OC(=O)C2=C3CCC(C3)C21. The first-order valence-corrected chi connectivity index (χ1v) is 4.77. The van der Waals surface area contributed by atoms with Crippen LogP contribution >= 0.6 is 0 Å². The molecule has 0 N–H and O–H groups in total. The molecular weight excluding hydrogens is 168 g/mol. The van der Waals surface area contributed by atoms with Gasteiger partial charge in [-0.25, -0.2) is 4.79 Å². The molecule has 3 rings (SSSR count). The third kappa shape index (κ3) is 0.804. The van der Waals surface area contributed by atoms with E-state index in [1.165, 1.54) is 12.0 Å². The van der Waals surface area contributed by atoms with Gasteiger partial charge in [0.05, 0.1) is 5.92 Å². The minimum Gasteiger partial charge on any atom is -0.432 e. The summed E-state index contributed by atoms with van der Waals surface area (Å²) in [7, 11) is 1.61. The van der Waals surface area contributed by atoms with Gasteiger partial charge in [-0.3, -0.25) is 0 Å². The van der Waals surface area contributed by atoms with Gasteiger partial charge >= 0.3 is 5.97 Å². The quantitative estimate of drug-likeness (QED) is 0.569. The van der Waals surface area contributed by atoms with Gasteiger partial charge in [0.2, 0.25) is 6.29 Å². The van der Waals surface area contributed by atoms with Crippen LogP contribution < -0.4 is 0 Å². The van der Waals surface area contributed by atoms with Crippen LogP contribution in [0.1, 0.15) is 19.3 Å². The summed E-state index contributed by atoms with van der Waals surface area (Å²) in [6.45, 7) is 0. The summed E-state index contributed by atoms with van der Waals surface area (Å²) in [5.74, 6) is 0.733. The molecule has 1 saturated carbocycles. The molecule has 0 aromatic heterocycles. The second kappa shape index (κ2) is 2.35. The van der Waals surface area contributed by atoms with E-state index in [9.17, 15) is 4.79 Å². The van der Waals surface area contributed by atoms with Crippen molar-refractivity contribution in [1.82, 2.24) is 0 Å². The molecule has 2 fully saturated rings. The lowest BCUT2D eigenvalue weighted by molar-refractivity contribution is -0.162. The summed E-state index contributed by atoms with van der Waals surface area (Å²) in [4.78, 5) is 11.5. The number of carbonyl (C=O) groups is 1. The maximum Gasteiger partial charge on any atom is 0.336 e. The topological polar surface area (TPSA) is 35.5 Å². The molecule has 0 amide bonds. The number of carbonyl (C=O) groups excluding carboxylic acids is 1. The number of rotatable bonds is 1. The molecule has 2 bridgehead atoms. The van der Waals surface area contributed by atoms with E-state index in [1.807, 2.05) is 0 Å². The van der Waals surface area contributed by atoms with Crippen molar-refractivity contribution in [3.8, 4) is 0 Å². The van der Waals surface area contributed by atoms with E-state index in [0.29, 0.717) is 5.92 Å². The van der Waals surface area contributed by atoms with Crippen molar-refractivity contribution >= 4 is 5.97 Å². The van der Waals surface area contributed by atoms with E-state index in [1.54, 1.807) is 7.11 Å².